The number of hydrogen-bond acceptors (Lipinski definition) is 7. The molecule has 0 bridgehead atoms. The van der Waals surface area contributed by atoms with Crippen LogP contribution in [0.1, 0.15) is 69.4 Å². The Hall–Kier alpha value is -4.05. The molecule has 0 atom stereocenters. The fraction of sp³-hybridized carbons (Fsp3) is 0.457. The SMILES string of the molecule is COC(=O)Cc1cc(C#CCOC(=O)Cc2cccc(CNC(=O)OC(C)(C)C)c2)cc(C#CCO[Si](C)(C)C(C)(C)C)c1. The monoisotopic (exact) mass is 619 g/mol. The van der Waals surface area contributed by atoms with Crippen molar-refractivity contribution in [1.29, 1.82) is 0 Å². The zero-order valence-corrected chi connectivity index (χ0v) is 28.4. The normalized spacial score (nSPS) is 11.3. The maximum atomic E-state index is 12.4. The van der Waals surface area contributed by atoms with E-state index < -0.39 is 26.0 Å². The van der Waals surface area contributed by atoms with Gasteiger partial charge < -0.3 is 24.0 Å². The molecule has 0 radical (unpaired) electrons. The number of benzene rings is 2. The summed E-state index contributed by atoms with van der Waals surface area (Å²) < 4.78 is 21.5. The Morgan fingerprint density at radius 2 is 1.39 bits per heavy atom. The molecule has 44 heavy (non-hydrogen) atoms. The number of nitrogens with one attached hydrogen (secondary N) is 1. The second kappa shape index (κ2) is 16.1. The fourth-order valence-corrected chi connectivity index (χ4v) is 4.42. The van der Waals surface area contributed by atoms with Crippen LogP contribution in [0.15, 0.2) is 42.5 Å². The smallest absolute Gasteiger partial charge is 0.407 e. The van der Waals surface area contributed by atoms with E-state index in [-0.39, 0.29) is 37.0 Å². The number of carbonyl (C=O) groups is 3. The molecule has 236 valence electrons. The van der Waals surface area contributed by atoms with Crippen molar-refractivity contribution in [2.24, 2.45) is 0 Å². The minimum Gasteiger partial charge on any atom is -0.469 e. The van der Waals surface area contributed by atoms with Gasteiger partial charge in [0.05, 0.1) is 26.6 Å². The minimum atomic E-state index is -1.91. The van der Waals surface area contributed by atoms with E-state index in [0.717, 1.165) is 16.7 Å². The Morgan fingerprint density at radius 3 is 1.98 bits per heavy atom. The average Bonchev–Trinajstić information content (AvgIpc) is 2.91. The van der Waals surface area contributed by atoms with E-state index >= 15 is 0 Å². The van der Waals surface area contributed by atoms with Crippen LogP contribution in [0.2, 0.25) is 18.1 Å². The van der Waals surface area contributed by atoms with Gasteiger partial charge in [-0.1, -0.05) is 68.7 Å². The Morgan fingerprint density at radius 1 is 0.795 bits per heavy atom. The molecule has 0 fully saturated rings. The number of methoxy groups -OCH3 is 1. The second-order valence-electron chi connectivity index (χ2n) is 12.8. The molecule has 0 heterocycles. The standard InChI is InChI=1S/C35H45NO7Si/c1-34(2,3)43-33(39)36-25-29-14-10-13-28(20-29)23-32(38)41-17-11-15-26-19-27(22-30(21-26)24-31(37)40-7)16-12-18-42-44(8,9)35(4,5)6/h10,13-14,19-22H,17-18,23-25H2,1-9H3,(H,36,39). The molecule has 2 aromatic carbocycles. The maximum absolute atomic E-state index is 12.4. The van der Waals surface area contributed by atoms with Crippen LogP contribution in [0.4, 0.5) is 4.79 Å². The van der Waals surface area contributed by atoms with E-state index in [2.05, 4.69) is 62.9 Å². The van der Waals surface area contributed by atoms with E-state index in [9.17, 15) is 14.4 Å². The van der Waals surface area contributed by atoms with Crippen LogP contribution in [0.3, 0.4) is 0 Å². The summed E-state index contributed by atoms with van der Waals surface area (Å²) in [5.74, 6) is 11.3. The van der Waals surface area contributed by atoms with Crippen molar-refractivity contribution in [2.45, 2.75) is 84.7 Å². The Balaban J connectivity index is 2.01. The van der Waals surface area contributed by atoms with E-state index in [1.807, 2.05) is 36.4 Å². The summed E-state index contributed by atoms with van der Waals surface area (Å²) in [6.45, 7) is 16.8. The topological polar surface area (TPSA) is 100 Å². The first-order chi connectivity index (χ1) is 20.5. The summed E-state index contributed by atoms with van der Waals surface area (Å²) in [4.78, 5) is 36.3. The second-order valence-corrected chi connectivity index (χ2v) is 17.6. The quantitative estimate of drug-likeness (QED) is 0.161. The van der Waals surface area contributed by atoms with Crippen molar-refractivity contribution in [2.75, 3.05) is 20.3 Å². The number of rotatable bonds is 9. The first-order valence-corrected chi connectivity index (χ1v) is 17.4. The van der Waals surface area contributed by atoms with Crippen molar-refractivity contribution < 1.29 is 33.0 Å². The van der Waals surface area contributed by atoms with Gasteiger partial charge in [0.2, 0.25) is 0 Å². The highest BCUT2D eigenvalue weighted by Crippen LogP contribution is 2.36. The molecule has 1 N–H and O–H groups in total. The number of carbonyl (C=O) groups excluding carboxylic acids is 3. The zero-order chi connectivity index (χ0) is 33.0. The summed E-state index contributed by atoms with van der Waals surface area (Å²) >= 11 is 0. The largest absolute Gasteiger partial charge is 0.469 e. The van der Waals surface area contributed by atoms with Crippen molar-refractivity contribution in [1.82, 2.24) is 5.32 Å². The van der Waals surface area contributed by atoms with Crippen LogP contribution in [0, 0.1) is 23.7 Å². The lowest BCUT2D eigenvalue weighted by atomic mass is 10.0. The predicted molar refractivity (Wildman–Crippen MR) is 173 cm³/mol. The average molecular weight is 620 g/mol. The molecule has 9 heteroatoms. The molecule has 2 rings (SSSR count). The molecule has 0 aliphatic heterocycles. The third-order valence-electron chi connectivity index (χ3n) is 6.83. The number of amides is 1. The number of alkyl carbamates (subject to hydrolysis) is 1. The van der Waals surface area contributed by atoms with Crippen LogP contribution in [0.5, 0.6) is 0 Å². The van der Waals surface area contributed by atoms with E-state index in [1.54, 1.807) is 26.8 Å². The molecular weight excluding hydrogens is 574 g/mol. The zero-order valence-electron chi connectivity index (χ0n) is 27.4. The van der Waals surface area contributed by atoms with Crippen molar-refractivity contribution in [3.05, 3.63) is 70.3 Å². The summed E-state index contributed by atoms with van der Waals surface area (Å²) in [6, 6.07) is 12.8. The molecular formula is C35H45NO7Si. The Bertz CT molecular complexity index is 1440. The van der Waals surface area contributed by atoms with Crippen molar-refractivity contribution in [3.8, 4) is 23.7 Å². The van der Waals surface area contributed by atoms with Crippen LogP contribution < -0.4 is 5.32 Å². The molecule has 0 saturated carbocycles. The third kappa shape index (κ3) is 13.5. The van der Waals surface area contributed by atoms with Crippen LogP contribution in [-0.4, -0.2) is 52.3 Å². The lowest BCUT2D eigenvalue weighted by molar-refractivity contribution is -0.141. The van der Waals surface area contributed by atoms with Crippen LogP contribution >= 0.6 is 0 Å². The Labute approximate surface area is 263 Å². The molecule has 8 nitrogen and oxygen atoms in total. The number of hydrogen-bond donors (Lipinski definition) is 1. The molecule has 0 aliphatic carbocycles. The van der Waals surface area contributed by atoms with Crippen LogP contribution in [-0.2, 0) is 47.6 Å². The van der Waals surface area contributed by atoms with Gasteiger partial charge in [-0.15, -0.1) is 0 Å². The molecule has 0 aromatic heterocycles. The van der Waals surface area contributed by atoms with Gasteiger partial charge in [-0.2, -0.15) is 0 Å². The number of esters is 2. The summed E-state index contributed by atoms with van der Waals surface area (Å²) in [5, 5.41) is 2.80. The molecule has 0 saturated heterocycles. The summed E-state index contributed by atoms with van der Waals surface area (Å²) in [7, 11) is -0.570. The molecule has 2 aromatic rings. The highest BCUT2D eigenvalue weighted by atomic mass is 28.4. The predicted octanol–water partition coefficient (Wildman–Crippen LogP) is 5.94. The lowest BCUT2D eigenvalue weighted by Crippen LogP contribution is -2.40. The highest BCUT2D eigenvalue weighted by molar-refractivity contribution is 6.74. The Kier molecular flexibility index (Phi) is 13.3. The molecule has 0 spiro atoms. The van der Waals surface area contributed by atoms with Crippen molar-refractivity contribution >= 4 is 26.3 Å². The van der Waals surface area contributed by atoms with Gasteiger partial charge in [0.1, 0.15) is 5.60 Å². The third-order valence-corrected chi connectivity index (χ3v) is 11.3. The number of ether oxygens (including phenoxy) is 3. The fourth-order valence-electron chi connectivity index (χ4n) is 3.56. The van der Waals surface area contributed by atoms with Gasteiger partial charge in [0, 0.05) is 17.7 Å². The minimum absolute atomic E-state index is 0.0628. The first-order valence-electron chi connectivity index (χ1n) is 14.5. The van der Waals surface area contributed by atoms with E-state index in [4.69, 9.17) is 18.6 Å². The van der Waals surface area contributed by atoms with E-state index in [1.165, 1.54) is 7.11 Å². The van der Waals surface area contributed by atoms with E-state index in [0.29, 0.717) is 17.7 Å². The van der Waals surface area contributed by atoms with Gasteiger partial charge >= 0.3 is 18.0 Å². The van der Waals surface area contributed by atoms with Crippen molar-refractivity contribution in [3.63, 3.8) is 0 Å². The van der Waals surface area contributed by atoms with Gasteiger partial charge in [0.15, 0.2) is 14.9 Å². The molecule has 0 aliphatic rings. The molecule has 1 amide bonds. The molecule has 0 unspecified atom stereocenters. The highest BCUT2D eigenvalue weighted by Gasteiger charge is 2.36. The van der Waals surface area contributed by atoms with Gasteiger partial charge in [-0.05, 0) is 73.8 Å². The van der Waals surface area contributed by atoms with Crippen LogP contribution in [0.25, 0.3) is 0 Å². The van der Waals surface area contributed by atoms with Gasteiger partial charge in [-0.3, -0.25) is 9.59 Å². The first kappa shape index (κ1) is 36.1. The van der Waals surface area contributed by atoms with Gasteiger partial charge in [0.25, 0.3) is 0 Å². The summed E-state index contributed by atoms with van der Waals surface area (Å²) in [6.07, 6.45) is -0.359. The lowest BCUT2D eigenvalue weighted by Gasteiger charge is -2.35. The maximum Gasteiger partial charge on any atom is 0.407 e. The summed E-state index contributed by atoms with van der Waals surface area (Å²) in [5.41, 5.74) is 3.06. The van der Waals surface area contributed by atoms with Gasteiger partial charge in [-0.25, -0.2) is 4.79 Å².